The molecular formula is C11H19N5O. The predicted octanol–water partition coefficient (Wildman–Crippen LogP) is 0.214. The number of carbonyl (C=O) groups excluding carboxylic acids is 1. The second-order valence-electron chi connectivity index (χ2n) is 4.86. The summed E-state index contributed by atoms with van der Waals surface area (Å²) in [5.41, 5.74) is -0.417. The van der Waals surface area contributed by atoms with Gasteiger partial charge < -0.3 is 10.2 Å². The first-order chi connectivity index (χ1) is 8.01. The molecule has 1 saturated heterocycles. The average Bonchev–Trinajstić information content (AvgIpc) is 2.88. The highest BCUT2D eigenvalue weighted by molar-refractivity contribution is 5.86. The molecule has 0 aromatic carbocycles. The Hall–Kier alpha value is -1.43. The number of hydrogen-bond acceptors (Lipinski definition) is 4. The van der Waals surface area contributed by atoms with Crippen LogP contribution < -0.4 is 5.32 Å². The lowest BCUT2D eigenvalue weighted by molar-refractivity contribution is -0.136. The lowest BCUT2D eigenvalue weighted by atomic mass is 9.99. The lowest BCUT2D eigenvalue weighted by Gasteiger charge is -2.28. The minimum atomic E-state index is -0.417. The van der Waals surface area contributed by atoms with E-state index in [0.29, 0.717) is 12.4 Å². The van der Waals surface area contributed by atoms with Crippen LogP contribution in [0.15, 0.2) is 0 Å². The molecule has 1 atom stereocenters. The van der Waals surface area contributed by atoms with E-state index < -0.39 is 5.54 Å². The van der Waals surface area contributed by atoms with Crippen LogP contribution in [-0.4, -0.2) is 45.1 Å². The number of carbonyl (C=O) groups is 1. The van der Waals surface area contributed by atoms with Gasteiger partial charge in [-0.25, -0.2) is 4.98 Å². The first kappa shape index (κ1) is 12.0. The van der Waals surface area contributed by atoms with Crippen molar-refractivity contribution in [3.8, 4) is 0 Å². The van der Waals surface area contributed by atoms with E-state index in [2.05, 4.69) is 20.5 Å². The standard InChI is InChI=1S/C11H19N5O/c1-8-13-9(15-14-8)7-16(3)10(17)11(2)5-4-6-12-11/h12H,4-7H2,1-3H3,(H,13,14,15). The monoisotopic (exact) mass is 237 g/mol. The molecule has 1 amide bonds. The van der Waals surface area contributed by atoms with E-state index in [4.69, 9.17) is 0 Å². The van der Waals surface area contributed by atoms with Crippen LogP contribution in [0, 0.1) is 6.92 Å². The molecule has 6 nitrogen and oxygen atoms in total. The molecule has 17 heavy (non-hydrogen) atoms. The zero-order chi connectivity index (χ0) is 12.5. The summed E-state index contributed by atoms with van der Waals surface area (Å²) in [6.07, 6.45) is 1.94. The zero-order valence-corrected chi connectivity index (χ0v) is 10.6. The summed E-state index contributed by atoms with van der Waals surface area (Å²) in [4.78, 5) is 18.2. The summed E-state index contributed by atoms with van der Waals surface area (Å²) < 4.78 is 0. The first-order valence-electron chi connectivity index (χ1n) is 5.90. The molecule has 0 aliphatic carbocycles. The maximum absolute atomic E-state index is 12.3. The summed E-state index contributed by atoms with van der Waals surface area (Å²) in [7, 11) is 1.79. The molecule has 2 N–H and O–H groups in total. The lowest BCUT2D eigenvalue weighted by Crippen LogP contribution is -2.51. The molecule has 0 saturated carbocycles. The molecule has 0 spiro atoms. The van der Waals surface area contributed by atoms with Gasteiger partial charge in [-0.05, 0) is 33.2 Å². The fourth-order valence-electron chi connectivity index (χ4n) is 2.24. The molecule has 0 radical (unpaired) electrons. The number of likely N-dealkylation sites (N-methyl/N-ethyl adjacent to an activating group) is 1. The fourth-order valence-corrected chi connectivity index (χ4v) is 2.24. The van der Waals surface area contributed by atoms with Crippen LogP contribution >= 0.6 is 0 Å². The highest BCUT2D eigenvalue weighted by Crippen LogP contribution is 2.21. The highest BCUT2D eigenvalue weighted by Gasteiger charge is 2.37. The van der Waals surface area contributed by atoms with E-state index in [1.807, 2.05) is 13.8 Å². The Bertz CT molecular complexity index is 408. The second kappa shape index (κ2) is 4.44. The van der Waals surface area contributed by atoms with Gasteiger partial charge in [0.15, 0.2) is 5.82 Å². The number of hydrogen-bond donors (Lipinski definition) is 2. The molecule has 1 aliphatic rings. The number of aromatic nitrogens is 3. The quantitative estimate of drug-likeness (QED) is 0.788. The maximum Gasteiger partial charge on any atom is 0.242 e. The van der Waals surface area contributed by atoms with E-state index in [0.717, 1.165) is 25.2 Å². The summed E-state index contributed by atoms with van der Waals surface area (Å²) in [5.74, 6) is 1.53. The van der Waals surface area contributed by atoms with Crippen molar-refractivity contribution >= 4 is 5.91 Å². The van der Waals surface area contributed by atoms with Crippen molar-refractivity contribution in [2.45, 2.75) is 38.8 Å². The van der Waals surface area contributed by atoms with Crippen LogP contribution in [0.2, 0.25) is 0 Å². The number of aryl methyl sites for hydroxylation is 1. The van der Waals surface area contributed by atoms with Crippen molar-refractivity contribution in [3.05, 3.63) is 11.6 Å². The molecule has 6 heteroatoms. The fraction of sp³-hybridized carbons (Fsp3) is 0.727. The van der Waals surface area contributed by atoms with E-state index >= 15 is 0 Å². The Morgan fingerprint density at radius 1 is 1.59 bits per heavy atom. The van der Waals surface area contributed by atoms with Gasteiger partial charge in [0.1, 0.15) is 5.82 Å². The third kappa shape index (κ3) is 2.46. The number of aromatic amines is 1. The predicted molar refractivity (Wildman–Crippen MR) is 63.2 cm³/mol. The summed E-state index contributed by atoms with van der Waals surface area (Å²) in [6.45, 7) is 5.16. The third-order valence-corrected chi connectivity index (χ3v) is 3.21. The van der Waals surface area contributed by atoms with E-state index in [1.54, 1.807) is 11.9 Å². The largest absolute Gasteiger partial charge is 0.337 e. The molecule has 1 unspecified atom stereocenters. The molecule has 0 bridgehead atoms. The Morgan fingerprint density at radius 3 is 2.88 bits per heavy atom. The number of rotatable bonds is 3. The van der Waals surface area contributed by atoms with Gasteiger partial charge >= 0.3 is 0 Å². The van der Waals surface area contributed by atoms with Gasteiger partial charge in [0, 0.05) is 7.05 Å². The van der Waals surface area contributed by atoms with Crippen LogP contribution in [0.25, 0.3) is 0 Å². The second-order valence-corrected chi connectivity index (χ2v) is 4.86. The molecule has 1 aliphatic heterocycles. The molecule has 1 aromatic rings. The van der Waals surface area contributed by atoms with Crippen molar-refractivity contribution < 1.29 is 4.79 Å². The first-order valence-corrected chi connectivity index (χ1v) is 5.90. The van der Waals surface area contributed by atoms with Crippen molar-refractivity contribution in [1.29, 1.82) is 0 Å². The molecular weight excluding hydrogens is 218 g/mol. The Kier molecular flexibility index (Phi) is 3.15. The average molecular weight is 237 g/mol. The smallest absolute Gasteiger partial charge is 0.242 e. The maximum atomic E-state index is 12.3. The Labute approximate surface area is 101 Å². The van der Waals surface area contributed by atoms with Gasteiger partial charge in [-0.3, -0.25) is 9.89 Å². The molecule has 1 aromatic heterocycles. The van der Waals surface area contributed by atoms with Crippen LogP contribution in [0.4, 0.5) is 0 Å². The minimum absolute atomic E-state index is 0.109. The molecule has 2 heterocycles. The molecule has 2 rings (SSSR count). The van der Waals surface area contributed by atoms with Crippen LogP contribution in [0.5, 0.6) is 0 Å². The molecule has 1 fully saturated rings. The summed E-state index contributed by atoms with van der Waals surface area (Å²) in [5, 5.41) is 10.1. The normalized spacial score (nSPS) is 23.9. The van der Waals surface area contributed by atoms with Crippen LogP contribution in [0.1, 0.15) is 31.4 Å². The molecule has 94 valence electrons. The third-order valence-electron chi connectivity index (χ3n) is 3.21. The Balaban J connectivity index is 2.00. The number of H-pyrrole nitrogens is 1. The number of nitrogens with zero attached hydrogens (tertiary/aromatic N) is 3. The number of amides is 1. The minimum Gasteiger partial charge on any atom is -0.337 e. The van der Waals surface area contributed by atoms with E-state index in [-0.39, 0.29) is 5.91 Å². The van der Waals surface area contributed by atoms with Crippen LogP contribution in [-0.2, 0) is 11.3 Å². The van der Waals surface area contributed by atoms with Gasteiger partial charge in [-0.2, -0.15) is 5.10 Å². The SMILES string of the molecule is Cc1nc(CN(C)C(=O)C2(C)CCCN2)n[nH]1. The van der Waals surface area contributed by atoms with Crippen molar-refractivity contribution in [3.63, 3.8) is 0 Å². The van der Waals surface area contributed by atoms with Gasteiger partial charge in [0.25, 0.3) is 0 Å². The van der Waals surface area contributed by atoms with Crippen molar-refractivity contribution in [2.24, 2.45) is 0 Å². The summed E-state index contributed by atoms with van der Waals surface area (Å²) in [6, 6.07) is 0. The topological polar surface area (TPSA) is 73.9 Å². The Morgan fingerprint density at radius 2 is 2.35 bits per heavy atom. The van der Waals surface area contributed by atoms with Gasteiger partial charge in [0.05, 0.1) is 12.1 Å². The van der Waals surface area contributed by atoms with Gasteiger partial charge in [-0.15, -0.1) is 0 Å². The highest BCUT2D eigenvalue weighted by atomic mass is 16.2. The zero-order valence-electron chi connectivity index (χ0n) is 10.6. The van der Waals surface area contributed by atoms with Crippen LogP contribution in [0.3, 0.4) is 0 Å². The van der Waals surface area contributed by atoms with Crippen molar-refractivity contribution in [1.82, 2.24) is 25.4 Å². The van der Waals surface area contributed by atoms with Gasteiger partial charge in [-0.1, -0.05) is 0 Å². The van der Waals surface area contributed by atoms with Crippen molar-refractivity contribution in [2.75, 3.05) is 13.6 Å². The van der Waals surface area contributed by atoms with Gasteiger partial charge in [0.2, 0.25) is 5.91 Å². The van der Waals surface area contributed by atoms with E-state index in [1.165, 1.54) is 0 Å². The summed E-state index contributed by atoms with van der Waals surface area (Å²) >= 11 is 0. The number of nitrogens with one attached hydrogen (secondary N) is 2. The van der Waals surface area contributed by atoms with E-state index in [9.17, 15) is 4.79 Å².